The lowest BCUT2D eigenvalue weighted by Gasteiger charge is -2.04. The SMILES string of the molecule is COc1ccccc1/C=C/C(=O)NCC(=O)N/N=C\c1cn[nH]c1-c1ccccc1. The molecule has 2 amide bonds. The average Bonchev–Trinajstić information content (AvgIpc) is 3.25. The van der Waals surface area contributed by atoms with Gasteiger partial charge in [0.1, 0.15) is 5.75 Å². The molecule has 0 unspecified atom stereocenters. The van der Waals surface area contributed by atoms with Crippen LogP contribution in [0.15, 0.2) is 72.0 Å². The summed E-state index contributed by atoms with van der Waals surface area (Å²) in [5, 5.41) is 13.3. The van der Waals surface area contributed by atoms with Gasteiger partial charge in [0.05, 0.1) is 31.8 Å². The Morgan fingerprint density at radius 3 is 2.67 bits per heavy atom. The number of H-pyrrole nitrogens is 1. The van der Waals surface area contributed by atoms with Crippen molar-refractivity contribution >= 4 is 24.1 Å². The second kappa shape index (κ2) is 10.4. The van der Waals surface area contributed by atoms with Crippen LogP contribution in [-0.2, 0) is 9.59 Å². The van der Waals surface area contributed by atoms with E-state index >= 15 is 0 Å². The lowest BCUT2D eigenvalue weighted by Crippen LogP contribution is -2.34. The monoisotopic (exact) mass is 403 g/mol. The highest BCUT2D eigenvalue weighted by molar-refractivity contribution is 5.95. The molecule has 0 fully saturated rings. The fourth-order valence-corrected chi connectivity index (χ4v) is 2.64. The standard InChI is InChI=1S/C22H21N5O3/c1-30-19-10-6-5-7-16(19)11-12-20(28)23-15-21(29)26-24-13-18-14-25-27-22(18)17-8-3-2-4-9-17/h2-14H,15H2,1H3,(H,23,28)(H,25,27)(H,26,29)/b12-11+,24-13-. The number of hydrogen-bond acceptors (Lipinski definition) is 5. The molecule has 0 aliphatic carbocycles. The number of amides is 2. The number of para-hydroxylation sites is 1. The largest absolute Gasteiger partial charge is 0.496 e. The van der Waals surface area contributed by atoms with E-state index in [2.05, 4.69) is 26.0 Å². The van der Waals surface area contributed by atoms with Gasteiger partial charge in [0.15, 0.2) is 0 Å². The number of rotatable bonds is 8. The van der Waals surface area contributed by atoms with Crippen molar-refractivity contribution in [3.05, 3.63) is 78.0 Å². The van der Waals surface area contributed by atoms with Crippen molar-refractivity contribution in [2.75, 3.05) is 13.7 Å². The number of carbonyl (C=O) groups excluding carboxylic acids is 2. The van der Waals surface area contributed by atoms with Gasteiger partial charge in [-0.2, -0.15) is 10.2 Å². The first-order valence-corrected chi connectivity index (χ1v) is 9.17. The van der Waals surface area contributed by atoms with Gasteiger partial charge < -0.3 is 10.1 Å². The first kappa shape index (κ1) is 20.5. The zero-order valence-electron chi connectivity index (χ0n) is 16.3. The molecule has 152 valence electrons. The van der Waals surface area contributed by atoms with Crippen molar-refractivity contribution in [1.29, 1.82) is 0 Å². The normalized spacial score (nSPS) is 11.0. The van der Waals surface area contributed by atoms with E-state index in [0.29, 0.717) is 5.75 Å². The summed E-state index contributed by atoms with van der Waals surface area (Å²) in [5.74, 6) is -0.195. The lowest BCUT2D eigenvalue weighted by molar-refractivity contribution is -0.123. The van der Waals surface area contributed by atoms with Gasteiger partial charge in [-0.3, -0.25) is 14.7 Å². The molecule has 3 rings (SSSR count). The Kier molecular flexibility index (Phi) is 7.10. The summed E-state index contributed by atoms with van der Waals surface area (Å²) >= 11 is 0. The van der Waals surface area contributed by atoms with Gasteiger partial charge in [0.25, 0.3) is 5.91 Å². The van der Waals surface area contributed by atoms with E-state index in [4.69, 9.17) is 4.74 Å². The summed E-state index contributed by atoms with van der Waals surface area (Å²) in [6.07, 6.45) is 6.07. The molecule has 1 aromatic heterocycles. The molecule has 3 N–H and O–H groups in total. The van der Waals surface area contributed by atoms with Gasteiger partial charge in [-0.25, -0.2) is 5.43 Å². The number of nitrogens with one attached hydrogen (secondary N) is 3. The quantitative estimate of drug-likeness (QED) is 0.305. The van der Waals surface area contributed by atoms with Crippen LogP contribution in [0, 0.1) is 0 Å². The number of nitrogens with zero attached hydrogens (tertiary/aromatic N) is 2. The number of benzene rings is 2. The average molecular weight is 403 g/mol. The zero-order chi connectivity index (χ0) is 21.2. The molecule has 2 aromatic carbocycles. The maximum atomic E-state index is 11.9. The number of hydrazone groups is 1. The van der Waals surface area contributed by atoms with E-state index in [1.54, 1.807) is 25.4 Å². The Bertz CT molecular complexity index is 1060. The highest BCUT2D eigenvalue weighted by Crippen LogP contribution is 2.19. The summed E-state index contributed by atoms with van der Waals surface area (Å²) < 4.78 is 5.22. The van der Waals surface area contributed by atoms with Crippen molar-refractivity contribution in [3.8, 4) is 17.0 Å². The van der Waals surface area contributed by atoms with E-state index in [1.807, 2.05) is 48.5 Å². The minimum Gasteiger partial charge on any atom is -0.496 e. The van der Waals surface area contributed by atoms with Gasteiger partial charge in [-0.15, -0.1) is 0 Å². The number of aromatic nitrogens is 2. The maximum absolute atomic E-state index is 11.9. The summed E-state index contributed by atoms with van der Waals surface area (Å²) in [6.45, 7) is -0.205. The molecule has 0 bridgehead atoms. The topological polar surface area (TPSA) is 108 Å². The predicted molar refractivity (Wildman–Crippen MR) is 115 cm³/mol. The van der Waals surface area contributed by atoms with Crippen LogP contribution in [0.5, 0.6) is 5.75 Å². The summed E-state index contributed by atoms with van der Waals surface area (Å²) in [6, 6.07) is 17.0. The highest BCUT2D eigenvalue weighted by Gasteiger charge is 2.06. The summed E-state index contributed by atoms with van der Waals surface area (Å²) in [5.41, 5.74) is 5.62. The highest BCUT2D eigenvalue weighted by atomic mass is 16.5. The molecule has 0 radical (unpaired) electrons. The number of methoxy groups -OCH3 is 1. The first-order valence-electron chi connectivity index (χ1n) is 9.17. The maximum Gasteiger partial charge on any atom is 0.259 e. The molecule has 0 saturated carbocycles. The third kappa shape index (κ3) is 5.65. The third-order valence-corrected chi connectivity index (χ3v) is 4.10. The fourth-order valence-electron chi connectivity index (χ4n) is 2.64. The Morgan fingerprint density at radius 1 is 1.10 bits per heavy atom. The van der Waals surface area contributed by atoms with Crippen molar-refractivity contribution in [2.24, 2.45) is 5.10 Å². The second-order valence-electron chi connectivity index (χ2n) is 6.15. The van der Waals surface area contributed by atoms with E-state index in [1.165, 1.54) is 12.3 Å². The Morgan fingerprint density at radius 2 is 1.87 bits per heavy atom. The molecule has 0 spiro atoms. The summed E-state index contributed by atoms with van der Waals surface area (Å²) in [7, 11) is 1.56. The van der Waals surface area contributed by atoms with Crippen LogP contribution < -0.4 is 15.5 Å². The van der Waals surface area contributed by atoms with Crippen molar-refractivity contribution in [2.45, 2.75) is 0 Å². The van der Waals surface area contributed by atoms with Gasteiger partial charge in [0.2, 0.25) is 5.91 Å². The number of aromatic amines is 1. The van der Waals surface area contributed by atoms with Gasteiger partial charge >= 0.3 is 0 Å². The van der Waals surface area contributed by atoms with Crippen LogP contribution in [0.2, 0.25) is 0 Å². The second-order valence-corrected chi connectivity index (χ2v) is 6.15. The van der Waals surface area contributed by atoms with Crippen LogP contribution in [-0.4, -0.2) is 41.9 Å². The zero-order valence-corrected chi connectivity index (χ0v) is 16.3. The number of ether oxygens (including phenoxy) is 1. The Balaban J connectivity index is 1.48. The molecule has 1 heterocycles. The first-order chi connectivity index (χ1) is 14.7. The number of hydrogen-bond donors (Lipinski definition) is 3. The molecular formula is C22H21N5O3. The molecule has 8 nitrogen and oxygen atoms in total. The van der Waals surface area contributed by atoms with Crippen molar-refractivity contribution < 1.29 is 14.3 Å². The third-order valence-electron chi connectivity index (χ3n) is 4.10. The molecule has 0 atom stereocenters. The molecule has 0 aliphatic heterocycles. The fraction of sp³-hybridized carbons (Fsp3) is 0.0909. The van der Waals surface area contributed by atoms with Crippen molar-refractivity contribution in [1.82, 2.24) is 20.9 Å². The van der Waals surface area contributed by atoms with Crippen LogP contribution in [0.3, 0.4) is 0 Å². The molecular weight excluding hydrogens is 382 g/mol. The van der Waals surface area contributed by atoms with Crippen molar-refractivity contribution in [3.63, 3.8) is 0 Å². The van der Waals surface area contributed by atoms with E-state index in [9.17, 15) is 9.59 Å². The van der Waals surface area contributed by atoms with E-state index in [0.717, 1.165) is 22.4 Å². The molecule has 0 saturated heterocycles. The minimum atomic E-state index is -0.449. The lowest BCUT2D eigenvalue weighted by atomic mass is 10.1. The Labute approximate surface area is 173 Å². The van der Waals surface area contributed by atoms with E-state index < -0.39 is 11.8 Å². The van der Waals surface area contributed by atoms with E-state index in [-0.39, 0.29) is 6.54 Å². The smallest absolute Gasteiger partial charge is 0.259 e. The van der Waals surface area contributed by atoms with Crippen LogP contribution >= 0.6 is 0 Å². The Hall–Kier alpha value is -4.20. The molecule has 8 heteroatoms. The van der Waals surface area contributed by atoms with Crippen LogP contribution in [0.25, 0.3) is 17.3 Å². The van der Waals surface area contributed by atoms with Crippen LogP contribution in [0.1, 0.15) is 11.1 Å². The molecule has 3 aromatic rings. The van der Waals surface area contributed by atoms with Gasteiger partial charge in [-0.05, 0) is 12.1 Å². The van der Waals surface area contributed by atoms with Gasteiger partial charge in [0, 0.05) is 22.8 Å². The summed E-state index contributed by atoms with van der Waals surface area (Å²) in [4.78, 5) is 23.8. The number of carbonyl (C=O) groups is 2. The van der Waals surface area contributed by atoms with Crippen LogP contribution in [0.4, 0.5) is 0 Å². The predicted octanol–water partition coefficient (Wildman–Crippen LogP) is 2.36. The van der Waals surface area contributed by atoms with Gasteiger partial charge in [-0.1, -0.05) is 48.5 Å². The molecule has 0 aliphatic rings. The molecule has 30 heavy (non-hydrogen) atoms. The minimum absolute atomic E-state index is 0.205.